The second kappa shape index (κ2) is 8.39. The first-order chi connectivity index (χ1) is 11.9. The number of carbonyl (C=O) groups excluding carboxylic acids is 1. The van der Waals surface area contributed by atoms with Crippen molar-refractivity contribution in [1.29, 1.82) is 5.26 Å². The van der Waals surface area contributed by atoms with E-state index in [1.54, 1.807) is 32.0 Å². The molecule has 2 aromatic rings. The Labute approximate surface area is 160 Å². The summed E-state index contributed by atoms with van der Waals surface area (Å²) >= 11 is 18.4. The van der Waals surface area contributed by atoms with E-state index >= 15 is 0 Å². The zero-order chi connectivity index (χ0) is 18.6. The molecule has 1 heterocycles. The van der Waals surface area contributed by atoms with Crippen molar-refractivity contribution in [3.63, 3.8) is 0 Å². The van der Waals surface area contributed by atoms with Crippen molar-refractivity contribution in [2.75, 3.05) is 6.61 Å². The molecule has 0 saturated heterocycles. The van der Waals surface area contributed by atoms with Crippen LogP contribution in [0.2, 0.25) is 15.2 Å². The third kappa shape index (κ3) is 4.55. The summed E-state index contributed by atoms with van der Waals surface area (Å²) in [6.07, 6.45) is 1.38. The maximum atomic E-state index is 11.8. The van der Waals surface area contributed by atoms with Crippen LogP contribution >= 0.6 is 34.8 Å². The Morgan fingerprint density at radius 3 is 2.72 bits per heavy atom. The molecule has 0 atom stereocenters. The molecule has 0 aliphatic heterocycles. The highest BCUT2D eigenvalue weighted by Crippen LogP contribution is 2.26. The molecule has 0 aliphatic rings. The first-order valence-corrected chi connectivity index (χ1v) is 8.46. The first kappa shape index (κ1) is 19.3. The van der Waals surface area contributed by atoms with E-state index < -0.39 is 5.97 Å². The van der Waals surface area contributed by atoms with Gasteiger partial charge in [0.15, 0.2) is 0 Å². The van der Waals surface area contributed by atoms with Gasteiger partial charge in [-0.15, -0.1) is 0 Å². The van der Waals surface area contributed by atoms with Crippen LogP contribution in [-0.4, -0.2) is 22.4 Å². The molecule has 1 aromatic heterocycles. The fraction of sp³-hybridized carbons (Fsp3) is 0.235. The minimum absolute atomic E-state index is 0.143. The van der Waals surface area contributed by atoms with E-state index in [1.807, 2.05) is 6.07 Å². The Morgan fingerprint density at radius 1 is 1.40 bits per heavy atom. The zero-order valence-electron chi connectivity index (χ0n) is 13.5. The van der Waals surface area contributed by atoms with E-state index in [0.717, 1.165) is 5.56 Å². The third-order valence-corrected chi connectivity index (χ3v) is 4.33. The summed E-state index contributed by atoms with van der Waals surface area (Å²) in [7, 11) is 0. The van der Waals surface area contributed by atoms with E-state index in [4.69, 9.17) is 44.8 Å². The Bertz CT molecular complexity index is 882. The Kier molecular flexibility index (Phi) is 6.49. The van der Waals surface area contributed by atoms with Crippen LogP contribution < -0.4 is 0 Å². The number of rotatable bonds is 5. The molecule has 8 heteroatoms. The molecule has 130 valence electrons. The second-order valence-electron chi connectivity index (χ2n) is 5.07. The second-order valence-corrected chi connectivity index (χ2v) is 6.28. The molecule has 0 unspecified atom stereocenters. The summed E-state index contributed by atoms with van der Waals surface area (Å²) < 4.78 is 6.39. The van der Waals surface area contributed by atoms with E-state index in [9.17, 15) is 4.79 Å². The fourth-order valence-corrected chi connectivity index (χ4v) is 2.89. The maximum absolute atomic E-state index is 11.8. The van der Waals surface area contributed by atoms with Crippen molar-refractivity contribution in [2.45, 2.75) is 20.4 Å². The van der Waals surface area contributed by atoms with Gasteiger partial charge >= 0.3 is 5.97 Å². The van der Waals surface area contributed by atoms with Gasteiger partial charge < -0.3 is 4.74 Å². The first-order valence-electron chi connectivity index (χ1n) is 7.33. The van der Waals surface area contributed by atoms with Gasteiger partial charge in [-0.1, -0.05) is 40.9 Å². The van der Waals surface area contributed by atoms with E-state index in [1.165, 1.54) is 10.8 Å². The van der Waals surface area contributed by atoms with Crippen molar-refractivity contribution in [2.24, 2.45) is 0 Å². The molecule has 0 N–H and O–H groups in total. The summed E-state index contributed by atoms with van der Waals surface area (Å²) in [4.78, 5) is 11.8. The average Bonchev–Trinajstić information content (AvgIpc) is 2.82. The highest BCUT2D eigenvalue weighted by molar-refractivity contribution is 6.35. The molecule has 0 saturated carbocycles. The number of halogens is 3. The summed E-state index contributed by atoms with van der Waals surface area (Å²) in [6, 6.07) is 6.97. The minimum Gasteiger partial charge on any atom is -0.462 e. The van der Waals surface area contributed by atoms with Crippen LogP contribution in [0.25, 0.3) is 6.08 Å². The Morgan fingerprint density at radius 2 is 2.12 bits per heavy atom. The van der Waals surface area contributed by atoms with Crippen LogP contribution in [0.15, 0.2) is 23.8 Å². The number of ether oxygens (including phenoxy) is 1. The molecule has 0 bridgehead atoms. The van der Waals surface area contributed by atoms with Gasteiger partial charge in [0.2, 0.25) is 0 Å². The molecule has 0 spiro atoms. The van der Waals surface area contributed by atoms with Crippen molar-refractivity contribution >= 4 is 46.8 Å². The van der Waals surface area contributed by atoms with Gasteiger partial charge in [-0.25, -0.2) is 9.48 Å². The Hall–Kier alpha value is -2.00. The number of hydrogen-bond donors (Lipinski definition) is 0. The van der Waals surface area contributed by atoms with E-state index in [-0.39, 0.29) is 12.2 Å². The number of hydrogen-bond acceptors (Lipinski definition) is 4. The van der Waals surface area contributed by atoms with Crippen molar-refractivity contribution < 1.29 is 9.53 Å². The smallest absolute Gasteiger partial charge is 0.348 e. The highest BCUT2D eigenvalue weighted by atomic mass is 35.5. The molecule has 0 amide bonds. The fourth-order valence-electron chi connectivity index (χ4n) is 2.14. The van der Waals surface area contributed by atoms with Crippen molar-refractivity contribution in [3.8, 4) is 6.07 Å². The SMILES string of the molecule is CCOC(=O)/C(C#N)=C/c1c(C)nn(Cc2ccc(Cl)cc2Cl)c1Cl. The summed E-state index contributed by atoms with van der Waals surface area (Å²) in [5, 5.41) is 14.8. The largest absolute Gasteiger partial charge is 0.462 e. The van der Waals surface area contributed by atoms with Gasteiger partial charge in [0.25, 0.3) is 0 Å². The lowest BCUT2D eigenvalue weighted by Gasteiger charge is -2.06. The number of benzene rings is 1. The van der Waals surface area contributed by atoms with Gasteiger partial charge in [0, 0.05) is 15.6 Å². The molecule has 25 heavy (non-hydrogen) atoms. The molecule has 0 fully saturated rings. The lowest BCUT2D eigenvalue weighted by Crippen LogP contribution is -2.06. The van der Waals surface area contributed by atoms with Gasteiger partial charge in [0.05, 0.1) is 18.8 Å². The topological polar surface area (TPSA) is 67.9 Å². The van der Waals surface area contributed by atoms with E-state index in [2.05, 4.69) is 5.10 Å². The molecule has 0 radical (unpaired) electrons. The molecule has 0 aliphatic carbocycles. The molecular weight excluding hydrogens is 385 g/mol. The number of aryl methyl sites for hydroxylation is 1. The van der Waals surface area contributed by atoms with Crippen LogP contribution in [0, 0.1) is 18.3 Å². The summed E-state index contributed by atoms with van der Waals surface area (Å²) in [6.45, 7) is 3.90. The van der Waals surface area contributed by atoms with Crippen molar-refractivity contribution in [1.82, 2.24) is 9.78 Å². The molecular formula is C17H14Cl3N3O2. The summed E-state index contributed by atoms with van der Waals surface area (Å²) in [5.41, 5.74) is 1.70. The average molecular weight is 399 g/mol. The summed E-state index contributed by atoms with van der Waals surface area (Å²) in [5.74, 6) is -0.700. The van der Waals surface area contributed by atoms with E-state index in [0.29, 0.717) is 33.0 Å². The van der Waals surface area contributed by atoms with Gasteiger partial charge in [0.1, 0.15) is 16.8 Å². The minimum atomic E-state index is -0.700. The van der Waals surface area contributed by atoms with Crippen LogP contribution in [0.1, 0.15) is 23.7 Å². The number of carbonyl (C=O) groups is 1. The van der Waals surface area contributed by atoms with Crippen molar-refractivity contribution in [3.05, 3.63) is 55.8 Å². The zero-order valence-corrected chi connectivity index (χ0v) is 15.8. The number of nitrogens with zero attached hydrogens (tertiary/aromatic N) is 3. The maximum Gasteiger partial charge on any atom is 0.348 e. The van der Waals surface area contributed by atoms with Crippen LogP contribution in [0.5, 0.6) is 0 Å². The highest BCUT2D eigenvalue weighted by Gasteiger charge is 2.17. The van der Waals surface area contributed by atoms with Crippen LogP contribution in [0.3, 0.4) is 0 Å². The molecule has 2 rings (SSSR count). The van der Waals surface area contributed by atoms with Gasteiger partial charge in [-0.2, -0.15) is 10.4 Å². The quantitative estimate of drug-likeness (QED) is 0.417. The molecule has 5 nitrogen and oxygen atoms in total. The van der Waals surface area contributed by atoms with Crippen LogP contribution in [0.4, 0.5) is 0 Å². The standard InChI is InChI=1S/C17H14Cl3N3O2/c1-3-25-17(24)12(8-21)6-14-10(2)22-23(16(14)20)9-11-4-5-13(18)7-15(11)19/h4-7H,3,9H2,1-2H3/b12-6+. The van der Waals surface area contributed by atoms with Crippen LogP contribution in [-0.2, 0) is 16.1 Å². The monoisotopic (exact) mass is 397 g/mol. The number of aromatic nitrogens is 2. The number of nitriles is 1. The third-order valence-electron chi connectivity index (χ3n) is 3.35. The Balaban J connectivity index is 2.38. The molecule has 1 aromatic carbocycles. The van der Waals surface area contributed by atoms with Gasteiger partial charge in [-0.05, 0) is 37.6 Å². The lowest BCUT2D eigenvalue weighted by molar-refractivity contribution is -0.137. The predicted octanol–water partition coefficient (Wildman–Crippen LogP) is 4.67. The number of esters is 1. The predicted molar refractivity (Wildman–Crippen MR) is 97.8 cm³/mol. The lowest BCUT2D eigenvalue weighted by atomic mass is 10.1. The van der Waals surface area contributed by atoms with Gasteiger partial charge in [-0.3, -0.25) is 0 Å². The normalized spacial score (nSPS) is 11.3.